The second-order valence-electron chi connectivity index (χ2n) is 4.80. The SMILES string of the molecule is COP(=O)(O)c1ccccc1C(=O)C(C)(C)C. The third-order valence-electron chi connectivity index (χ3n) is 2.38. The van der Waals surface area contributed by atoms with Crippen molar-refractivity contribution in [3.8, 4) is 0 Å². The standard InChI is InChI=1S/C12H17O4P/c1-12(2,3)11(13)9-7-5-6-8-10(9)17(14,15)16-4/h5-8H,1-4H3,(H,14,15). The normalized spacial score (nSPS) is 15.4. The average Bonchev–Trinajstić information content (AvgIpc) is 2.27. The number of Topliss-reactive ketones (excluding diaryl/α,β-unsaturated/α-hetero) is 1. The van der Waals surface area contributed by atoms with Crippen LogP contribution in [0.1, 0.15) is 31.1 Å². The molecule has 0 heterocycles. The van der Waals surface area contributed by atoms with Gasteiger partial charge in [-0.1, -0.05) is 39.0 Å². The van der Waals surface area contributed by atoms with Gasteiger partial charge in [0.1, 0.15) is 0 Å². The Morgan fingerprint density at radius 1 is 1.29 bits per heavy atom. The molecule has 17 heavy (non-hydrogen) atoms. The van der Waals surface area contributed by atoms with Crippen molar-refractivity contribution >= 4 is 18.7 Å². The molecule has 94 valence electrons. The molecule has 0 bridgehead atoms. The molecule has 0 radical (unpaired) electrons. The molecular weight excluding hydrogens is 239 g/mol. The van der Waals surface area contributed by atoms with Gasteiger partial charge in [-0.2, -0.15) is 0 Å². The summed E-state index contributed by atoms with van der Waals surface area (Å²) in [5.41, 5.74) is -0.364. The second-order valence-corrected chi connectivity index (χ2v) is 6.69. The van der Waals surface area contributed by atoms with Crippen LogP contribution in [-0.4, -0.2) is 17.8 Å². The van der Waals surface area contributed by atoms with Gasteiger partial charge in [0.2, 0.25) is 0 Å². The lowest BCUT2D eigenvalue weighted by molar-refractivity contribution is 0.0859. The van der Waals surface area contributed by atoms with Gasteiger partial charge in [-0.15, -0.1) is 0 Å². The summed E-state index contributed by atoms with van der Waals surface area (Å²) >= 11 is 0. The van der Waals surface area contributed by atoms with Gasteiger partial charge in [-0.25, -0.2) is 0 Å². The number of rotatable bonds is 3. The molecule has 0 saturated carbocycles. The zero-order valence-corrected chi connectivity index (χ0v) is 11.3. The van der Waals surface area contributed by atoms with Crippen molar-refractivity contribution in [2.45, 2.75) is 20.8 Å². The van der Waals surface area contributed by atoms with E-state index < -0.39 is 13.0 Å². The van der Waals surface area contributed by atoms with E-state index in [9.17, 15) is 14.3 Å². The van der Waals surface area contributed by atoms with Crippen LogP contribution in [0.2, 0.25) is 0 Å². The molecule has 1 N–H and O–H groups in total. The molecule has 0 aliphatic rings. The summed E-state index contributed by atoms with van der Waals surface area (Å²) in [6.07, 6.45) is 0. The summed E-state index contributed by atoms with van der Waals surface area (Å²) in [5.74, 6) is -0.181. The van der Waals surface area contributed by atoms with Crippen LogP contribution in [0.25, 0.3) is 0 Å². The first-order valence-electron chi connectivity index (χ1n) is 5.23. The van der Waals surface area contributed by atoms with Crippen molar-refractivity contribution in [2.24, 2.45) is 5.41 Å². The average molecular weight is 256 g/mol. The van der Waals surface area contributed by atoms with Crippen molar-refractivity contribution in [1.82, 2.24) is 0 Å². The van der Waals surface area contributed by atoms with E-state index in [4.69, 9.17) is 0 Å². The first kappa shape index (κ1) is 14.1. The maximum absolute atomic E-state index is 12.2. The molecule has 0 fully saturated rings. The number of hydrogen-bond donors (Lipinski definition) is 1. The number of carbonyl (C=O) groups is 1. The molecule has 0 amide bonds. The van der Waals surface area contributed by atoms with Gasteiger partial charge in [0.25, 0.3) is 0 Å². The molecule has 1 aromatic rings. The summed E-state index contributed by atoms with van der Waals surface area (Å²) in [4.78, 5) is 21.8. The van der Waals surface area contributed by atoms with Crippen molar-refractivity contribution in [2.75, 3.05) is 7.11 Å². The van der Waals surface area contributed by atoms with E-state index in [0.29, 0.717) is 0 Å². The lowest BCUT2D eigenvalue weighted by Gasteiger charge is -2.20. The molecule has 1 unspecified atom stereocenters. The van der Waals surface area contributed by atoms with E-state index in [1.165, 1.54) is 6.07 Å². The van der Waals surface area contributed by atoms with Gasteiger partial charge >= 0.3 is 7.60 Å². The number of benzene rings is 1. The third kappa shape index (κ3) is 3.03. The summed E-state index contributed by atoms with van der Waals surface area (Å²) in [6.45, 7) is 5.30. The van der Waals surface area contributed by atoms with E-state index >= 15 is 0 Å². The first-order chi connectivity index (χ1) is 7.70. The van der Waals surface area contributed by atoms with Crippen LogP contribution in [0.4, 0.5) is 0 Å². The van der Waals surface area contributed by atoms with Crippen molar-refractivity contribution in [3.63, 3.8) is 0 Å². The van der Waals surface area contributed by atoms with Crippen molar-refractivity contribution in [3.05, 3.63) is 29.8 Å². The number of carbonyl (C=O) groups excluding carboxylic acids is 1. The highest BCUT2D eigenvalue weighted by Gasteiger charge is 2.31. The highest BCUT2D eigenvalue weighted by atomic mass is 31.2. The van der Waals surface area contributed by atoms with Crippen LogP contribution in [0.3, 0.4) is 0 Å². The number of hydrogen-bond acceptors (Lipinski definition) is 3. The molecule has 0 aliphatic carbocycles. The molecule has 4 nitrogen and oxygen atoms in total. The Morgan fingerprint density at radius 3 is 2.29 bits per heavy atom. The second kappa shape index (κ2) is 4.73. The Labute approximate surface area is 101 Å². The van der Waals surface area contributed by atoms with Gasteiger partial charge in [0.05, 0.1) is 5.30 Å². The zero-order valence-electron chi connectivity index (χ0n) is 10.4. The number of ketones is 1. The lowest BCUT2D eigenvalue weighted by Crippen LogP contribution is -2.26. The van der Waals surface area contributed by atoms with Gasteiger partial charge in [-0.3, -0.25) is 9.36 Å². The fourth-order valence-corrected chi connectivity index (χ4v) is 2.37. The third-order valence-corrected chi connectivity index (χ3v) is 3.88. The molecule has 0 aromatic heterocycles. The van der Waals surface area contributed by atoms with Crippen LogP contribution in [0.5, 0.6) is 0 Å². The summed E-state index contributed by atoms with van der Waals surface area (Å²) < 4.78 is 16.4. The van der Waals surface area contributed by atoms with Crippen LogP contribution in [0.15, 0.2) is 24.3 Å². The minimum Gasteiger partial charge on any atom is -0.321 e. The Morgan fingerprint density at radius 2 is 1.82 bits per heavy atom. The van der Waals surface area contributed by atoms with Gasteiger partial charge in [-0.05, 0) is 6.07 Å². The molecule has 1 aromatic carbocycles. The largest absolute Gasteiger partial charge is 0.359 e. The topological polar surface area (TPSA) is 63.6 Å². The van der Waals surface area contributed by atoms with E-state index in [2.05, 4.69) is 4.52 Å². The van der Waals surface area contributed by atoms with E-state index in [1.54, 1.807) is 39.0 Å². The molecule has 1 rings (SSSR count). The summed E-state index contributed by atoms with van der Waals surface area (Å²) in [6, 6.07) is 6.27. The molecular formula is C12H17O4P. The zero-order chi connectivity index (χ0) is 13.3. The highest BCUT2D eigenvalue weighted by Crippen LogP contribution is 2.41. The lowest BCUT2D eigenvalue weighted by atomic mass is 9.86. The minimum atomic E-state index is -3.91. The fraction of sp³-hybridized carbons (Fsp3) is 0.417. The van der Waals surface area contributed by atoms with Crippen LogP contribution in [-0.2, 0) is 9.09 Å². The van der Waals surface area contributed by atoms with Gasteiger partial charge in [0.15, 0.2) is 5.78 Å². The Kier molecular flexibility index (Phi) is 3.92. The molecule has 0 aliphatic heterocycles. The molecule has 0 spiro atoms. The van der Waals surface area contributed by atoms with Crippen LogP contribution >= 0.6 is 7.60 Å². The Balaban J connectivity index is 3.37. The summed E-state index contributed by atoms with van der Waals surface area (Å²) in [5, 5.41) is 0.0578. The van der Waals surface area contributed by atoms with Crippen molar-refractivity contribution < 1.29 is 18.8 Å². The minimum absolute atomic E-state index is 0.0578. The van der Waals surface area contributed by atoms with Gasteiger partial charge in [0, 0.05) is 18.1 Å². The Bertz CT molecular complexity index is 474. The first-order valence-corrected chi connectivity index (χ1v) is 6.81. The van der Waals surface area contributed by atoms with E-state index in [-0.39, 0.29) is 16.7 Å². The summed E-state index contributed by atoms with van der Waals surface area (Å²) in [7, 11) is -2.76. The maximum Gasteiger partial charge on any atom is 0.359 e. The van der Waals surface area contributed by atoms with Gasteiger partial charge < -0.3 is 9.42 Å². The van der Waals surface area contributed by atoms with Crippen LogP contribution in [0, 0.1) is 5.41 Å². The fourth-order valence-electron chi connectivity index (χ4n) is 1.41. The highest BCUT2D eigenvalue weighted by molar-refractivity contribution is 7.61. The molecule has 1 atom stereocenters. The smallest absolute Gasteiger partial charge is 0.321 e. The van der Waals surface area contributed by atoms with Crippen LogP contribution < -0.4 is 5.30 Å². The van der Waals surface area contributed by atoms with Crippen molar-refractivity contribution in [1.29, 1.82) is 0 Å². The molecule has 5 heteroatoms. The van der Waals surface area contributed by atoms with E-state index in [0.717, 1.165) is 7.11 Å². The Hall–Kier alpha value is -0.960. The monoisotopic (exact) mass is 256 g/mol. The maximum atomic E-state index is 12.2. The van der Waals surface area contributed by atoms with E-state index in [1.807, 2.05) is 0 Å². The predicted octanol–water partition coefficient (Wildman–Crippen LogP) is 2.37. The predicted molar refractivity (Wildman–Crippen MR) is 66.7 cm³/mol. The molecule has 0 saturated heterocycles. The quantitative estimate of drug-likeness (QED) is 0.666.